The summed E-state index contributed by atoms with van der Waals surface area (Å²) in [6, 6.07) is 13.4. The highest BCUT2D eigenvalue weighted by Crippen LogP contribution is 2.34. The molecule has 0 atom stereocenters. The molecule has 2 nitrogen and oxygen atoms in total. The van der Waals surface area contributed by atoms with Crippen molar-refractivity contribution >= 4 is 5.97 Å². The maximum atomic E-state index is 12.8. The van der Waals surface area contributed by atoms with E-state index in [1.807, 2.05) is 0 Å². The lowest BCUT2D eigenvalue weighted by Gasteiger charge is -2.12. The second kappa shape index (κ2) is 7.85. The largest absolute Gasteiger partial charge is 0.481 e. The number of benzene rings is 3. The van der Waals surface area contributed by atoms with Crippen molar-refractivity contribution < 1.29 is 36.2 Å². The molecule has 0 saturated heterocycles. The first kappa shape index (κ1) is 21.4. The van der Waals surface area contributed by atoms with Gasteiger partial charge in [-0.15, -0.1) is 0 Å². The van der Waals surface area contributed by atoms with E-state index < -0.39 is 29.4 Å². The summed E-state index contributed by atoms with van der Waals surface area (Å²) in [5.74, 6) is -1.11. The Balaban J connectivity index is 2.05. The van der Waals surface area contributed by atoms with Crippen molar-refractivity contribution in [2.75, 3.05) is 0 Å². The molecule has 0 aromatic heterocycles. The van der Waals surface area contributed by atoms with Crippen LogP contribution < -0.4 is 0 Å². The molecule has 30 heavy (non-hydrogen) atoms. The summed E-state index contributed by atoms with van der Waals surface area (Å²) in [6.07, 6.45) is -9.33. The summed E-state index contributed by atoms with van der Waals surface area (Å²) >= 11 is 0. The monoisotopic (exact) mass is 424 g/mol. The van der Waals surface area contributed by atoms with E-state index in [2.05, 4.69) is 0 Å². The fourth-order valence-corrected chi connectivity index (χ4v) is 3.01. The number of rotatable bonds is 4. The van der Waals surface area contributed by atoms with Crippen LogP contribution in [0.5, 0.6) is 0 Å². The number of halogens is 6. The Morgan fingerprint density at radius 1 is 0.633 bits per heavy atom. The highest BCUT2D eigenvalue weighted by atomic mass is 19.4. The smallest absolute Gasteiger partial charge is 0.416 e. The van der Waals surface area contributed by atoms with E-state index >= 15 is 0 Å². The average molecular weight is 424 g/mol. The Hall–Kier alpha value is -3.29. The van der Waals surface area contributed by atoms with Crippen LogP contribution in [0.3, 0.4) is 0 Å². The van der Waals surface area contributed by atoms with Gasteiger partial charge in [0, 0.05) is 0 Å². The van der Waals surface area contributed by atoms with Gasteiger partial charge in [-0.2, -0.15) is 26.3 Å². The lowest BCUT2D eigenvalue weighted by molar-refractivity contribution is -0.138. The van der Waals surface area contributed by atoms with Crippen LogP contribution in [0.1, 0.15) is 16.7 Å². The summed E-state index contributed by atoms with van der Waals surface area (Å²) in [6.45, 7) is 0. The third-order valence-corrected chi connectivity index (χ3v) is 4.44. The van der Waals surface area contributed by atoms with Crippen molar-refractivity contribution in [1.82, 2.24) is 0 Å². The zero-order chi connectivity index (χ0) is 22.1. The van der Waals surface area contributed by atoms with Crippen LogP contribution in [-0.2, 0) is 23.6 Å². The van der Waals surface area contributed by atoms with E-state index in [9.17, 15) is 31.1 Å². The van der Waals surface area contributed by atoms with E-state index in [1.165, 1.54) is 36.4 Å². The van der Waals surface area contributed by atoms with Crippen LogP contribution in [-0.4, -0.2) is 11.1 Å². The molecular weight excluding hydrogens is 410 g/mol. The SMILES string of the molecule is O=C(O)Cc1cc(-c2ccc(C(F)(F)F)cc2)cc(-c2ccc(C(F)(F)F)cc2)c1. The first-order chi connectivity index (χ1) is 13.9. The molecule has 3 rings (SSSR count). The van der Waals surface area contributed by atoms with Crippen molar-refractivity contribution in [1.29, 1.82) is 0 Å². The minimum atomic E-state index is -4.49. The lowest BCUT2D eigenvalue weighted by atomic mass is 9.94. The number of alkyl halides is 6. The van der Waals surface area contributed by atoms with Gasteiger partial charge in [-0.3, -0.25) is 4.79 Å². The molecule has 0 unspecified atom stereocenters. The predicted molar refractivity (Wildman–Crippen MR) is 98.7 cm³/mol. The van der Waals surface area contributed by atoms with Gasteiger partial charge >= 0.3 is 18.3 Å². The lowest BCUT2D eigenvalue weighted by Crippen LogP contribution is -2.04. The van der Waals surface area contributed by atoms with Crippen LogP contribution in [0.4, 0.5) is 26.3 Å². The van der Waals surface area contributed by atoms with Gasteiger partial charge in [0.25, 0.3) is 0 Å². The Morgan fingerprint density at radius 3 is 1.30 bits per heavy atom. The van der Waals surface area contributed by atoms with Crippen molar-refractivity contribution in [2.24, 2.45) is 0 Å². The maximum absolute atomic E-state index is 12.8. The molecule has 8 heteroatoms. The predicted octanol–water partition coefficient (Wildman–Crippen LogP) is 6.69. The molecular formula is C22H14F6O2. The summed E-state index contributed by atoms with van der Waals surface area (Å²) in [4.78, 5) is 11.1. The van der Waals surface area contributed by atoms with Gasteiger partial charge in [0.1, 0.15) is 0 Å². The van der Waals surface area contributed by atoms with Crippen LogP contribution in [0.15, 0.2) is 66.7 Å². The molecule has 0 fully saturated rings. The van der Waals surface area contributed by atoms with E-state index in [0.717, 1.165) is 24.3 Å². The van der Waals surface area contributed by atoms with E-state index in [0.29, 0.717) is 27.8 Å². The number of hydrogen-bond donors (Lipinski definition) is 1. The molecule has 0 radical (unpaired) electrons. The molecule has 0 aliphatic carbocycles. The van der Waals surface area contributed by atoms with Gasteiger partial charge in [-0.05, 0) is 58.1 Å². The molecule has 1 N–H and O–H groups in total. The zero-order valence-corrected chi connectivity index (χ0v) is 15.2. The minimum Gasteiger partial charge on any atom is -0.481 e. The van der Waals surface area contributed by atoms with Crippen molar-refractivity contribution in [3.8, 4) is 22.3 Å². The number of aliphatic carboxylic acids is 1. The molecule has 0 amide bonds. The Morgan fingerprint density at radius 2 is 1.00 bits per heavy atom. The number of carboxylic acids is 1. The number of carboxylic acid groups (broad SMARTS) is 1. The second-order valence-corrected chi connectivity index (χ2v) is 6.64. The fraction of sp³-hybridized carbons (Fsp3) is 0.136. The summed E-state index contributed by atoms with van der Waals surface area (Å²) in [5, 5.41) is 9.09. The molecule has 0 heterocycles. The molecule has 0 spiro atoms. The highest BCUT2D eigenvalue weighted by Gasteiger charge is 2.30. The van der Waals surface area contributed by atoms with Crippen LogP contribution >= 0.6 is 0 Å². The van der Waals surface area contributed by atoms with Crippen LogP contribution in [0.2, 0.25) is 0 Å². The van der Waals surface area contributed by atoms with Gasteiger partial charge in [0.2, 0.25) is 0 Å². The van der Waals surface area contributed by atoms with Crippen molar-refractivity contribution in [3.05, 3.63) is 83.4 Å². The molecule has 0 aliphatic heterocycles. The molecule has 0 bridgehead atoms. The topological polar surface area (TPSA) is 37.3 Å². The maximum Gasteiger partial charge on any atom is 0.416 e. The summed E-state index contributed by atoms with van der Waals surface area (Å²) in [7, 11) is 0. The third kappa shape index (κ3) is 5.00. The van der Waals surface area contributed by atoms with Crippen molar-refractivity contribution in [3.63, 3.8) is 0 Å². The van der Waals surface area contributed by atoms with Crippen LogP contribution in [0, 0.1) is 0 Å². The summed E-state index contributed by atoms with van der Waals surface area (Å²) < 4.78 is 76.7. The Kier molecular flexibility index (Phi) is 5.61. The highest BCUT2D eigenvalue weighted by molar-refractivity contribution is 5.77. The second-order valence-electron chi connectivity index (χ2n) is 6.64. The first-order valence-electron chi connectivity index (χ1n) is 8.64. The number of carbonyl (C=O) groups is 1. The van der Waals surface area contributed by atoms with Gasteiger partial charge < -0.3 is 5.11 Å². The zero-order valence-electron chi connectivity index (χ0n) is 15.2. The fourth-order valence-electron chi connectivity index (χ4n) is 3.01. The number of hydrogen-bond acceptors (Lipinski definition) is 1. The molecule has 0 aliphatic rings. The third-order valence-electron chi connectivity index (χ3n) is 4.44. The molecule has 3 aromatic rings. The average Bonchev–Trinajstić information content (AvgIpc) is 2.66. The Bertz CT molecular complexity index is 973. The van der Waals surface area contributed by atoms with Gasteiger partial charge in [-0.1, -0.05) is 36.4 Å². The molecule has 156 valence electrons. The Labute approximate surface area is 167 Å². The first-order valence-corrected chi connectivity index (χ1v) is 8.64. The van der Waals surface area contributed by atoms with E-state index in [-0.39, 0.29) is 6.42 Å². The molecule has 0 saturated carbocycles. The van der Waals surface area contributed by atoms with E-state index in [4.69, 9.17) is 5.11 Å². The quantitative estimate of drug-likeness (QED) is 0.474. The minimum absolute atomic E-state index is 0.345. The van der Waals surface area contributed by atoms with Gasteiger partial charge in [0.05, 0.1) is 17.5 Å². The standard InChI is InChI=1S/C22H14F6O2/c23-21(24,25)18-5-1-14(2-6-18)16-9-13(11-20(29)30)10-17(12-16)15-3-7-19(8-4-15)22(26,27)28/h1-10,12H,11H2,(H,29,30). The van der Waals surface area contributed by atoms with Gasteiger partial charge in [0.15, 0.2) is 0 Å². The van der Waals surface area contributed by atoms with Gasteiger partial charge in [-0.25, -0.2) is 0 Å². The van der Waals surface area contributed by atoms with Crippen LogP contribution in [0.25, 0.3) is 22.3 Å². The summed E-state index contributed by atoms with van der Waals surface area (Å²) in [5.41, 5.74) is 0.475. The molecule has 3 aromatic carbocycles. The van der Waals surface area contributed by atoms with Crippen molar-refractivity contribution in [2.45, 2.75) is 18.8 Å². The normalized spacial score (nSPS) is 12.1. The van der Waals surface area contributed by atoms with E-state index in [1.54, 1.807) is 6.07 Å².